The van der Waals surface area contributed by atoms with Gasteiger partial charge in [0.15, 0.2) is 0 Å². The molecule has 1 fully saturated rings. The van der Waals surface area contributed by atoms with Gasteiger partial charge in [0.05, 0.1) is 0 Å². The molecule has 1 aromatic carbocycles. The van der Waals surface area contributed by atoms with Crippen LogP contribution in [0.4, 0.5) is 5.69 Å². The molecule has 0 aliphatic carbocycles. The van der Waals surface area contributed by atoms with E-state index in [9.17, 15) is 9.59 Å². The number of rotatable bonds is 3. The van der Waals surface area contributed by atoms with E-state index in [0.717, 1.165) is 5.69 Å². The molecule has 1 unspecified atom stereocenters. The first-order valence-corrected chi connectivity index (χ1v) is 6.40. The number of amides is 1. The van der Waals surface area contributed by atoms with E-state index in [2.05, 4.69) is 0 Å². The van der Waals surface area contributed by atoms with Crippen LogP contribution in [0, 0.1) is 18.8 Å². The molecule has 3 heteroatoms. The fourth-order valence-electron chi connectivity index (χ4n) is 2.34. The van der Waals surface area contributed by atoms with Crippen molar-refractivity contribution in [1.29, 1.82) is 0 Å². The van der Waals surface area contributed by atoms with Gasteiger partial charge in [-0.15, -0.1) is 0 Å². The lowest BCUT2D eigenvalue weighted by molar-refractivity contribution is -0.127. The third-order valence-electron chi connectivity index (χ3n) is 3.44. The monoisotopic (exact) mass is 245 g/mol. The molecule has 1 atom stereocenters. The standard InChI is InChI=1S/C15H19NO2/c1-10(2)15(18)12-8-14(17)16(9-12)13-6-4-11(3)5-7-13/h4-7,10,12H,8-9H2,1-3H3. The maximum absolute atomic E-state index is 12.0. The van der Waals surface area contributed by atoms with Crippen molar-refractivity contribution in [3.63, 3.8) is 0 Å². The van der Waals surface area contributed by atoms with E-state index < -0.39 is 0 Å². The van der Waals surface area contributed by atoms with Gasteiger partial charge in [-0.1, -0.05) is 31.5 Å². The molecule has 0 radical (unpaired) electrons. The Labute approximate surface area is 108 Å². The van der Waals surface area contributed by atoms with Gasteiger partial charge in [0.25, 0.3) is 0 Å². The van der Waals surface area contributed by atoms with Crippen molar-refractivity contribution < 1.29 is 9.59 Å². The maximum Gasteiger partial charge on any atom is 0.227 e. The van der Waals surface area contributed by atoms with Crippen molar-refractivity contribution >= 4 is 17.4 Å². The predicted molar refractivity (Wildman–Crippen MR) is 71.5 cm³/mol. The molecule has 0 bridgehead atoms. The van der Waals surface area contributed by atoms with Gasteiger partial charge < -0.3 is 4.90 Å². The quantitative estimate of drug-likeness (QED) is 0.820. The summed E-state index contributed by atoms with van der Waals surface area (Å²) in [5.74, 6) is 0.107. The molecule has 1 amide bonds. The zero-order chi connectivity index (χ0) is 13.3. The van der Waals surface area contributed by atoms with Crippen molar-refractivity contribution in [1.82, 2.24) is 0 Å². The molecular formula is C15H19NO2. The van der Waals surface area contributed by atoms with E-state index >= 15 is 0 Å². The van der Waals surface area contributed by atoms with Crippen LogP contribution in [0.2, 0.25) is 0 Å². The summed E-state index contributed by atoms with van der Waals surface area (Å²) in [7, 11) is 0. The minimum absolute atomic E-state index is 0.000711. The minimum Gasteiger partial charge on any atom is -0.312 e. The Kier molecular flexibility index (Phi) is 3.50. The molecule has 0 N–H and O–H groups in total. The molecule has 0 aromatic heterocycles. The lowest BCUT2D eigenvalue weighted by atomic mass is 9.95. The number of hydrogen-bond donors (Lipinski definition) is 0. The fourth-order valence-corrected chi connectivity index (χ4v) is 2.34. The van der Waals surface area contributed by atoms with Crippen molar-refractivity contribution in [2.75, 3.05) is 11.4 Å². The molecular weight excluding hydrogens is 226 g/mol. The third-order valence-corrected chi connectivity index (χ3v) is 3.44. The molecule has 0 spiro atoms. The summed E-state index contributed by atoms with van der Waals surface area (Å²) >= 11 is 0. The molecule has 18 heavy (non-hydrogen) atoms. The SMILES string of the molecule is Cc1ccc(N2CC(C(=O)C(C)C)CC2=O)cc1. The van der Waals surface area contributed by atoms with E-state index in [-0.39, 0.29) is 23.5 Å². The smallest absolute Gasteiger partial charge is 0.227 e. The van der Waals surface area contributed by atoms with Crippen LogP contribution in [0.1, 0.15) is 25.8 Å². The Morgan fingerprint density at radius 3 is 2.44 bits per heavy atom. The van der Waals surface area contributed by atoms with Gasteiger partial charge in [0, 0.05) is 30.5 Å². The lowest BCUT2D eigenvalue weighted by Gasteiger charge is -2.17. The molecule has 1 heterocycles. The fraction of sp³-hybridized carbons (Fsp3) is 0.467. The van der Waals surface area contributed by atoms with Crippen LogP contribution in [0.5, 0.6) is 0 Å². The molecule has 2 rings (SSSR count). The van der Waals surface area contributed by atoms with E-state index in [0.29, 0.717) is 13.0 Å². The van der Waals surface area contributed by atoms with Gasteiger partial charge in [0.1, 0.15) is 5.78 Å². The second-order valence-corrected chi connectivity index (χ2v) is 5.30. The molecule has 1 saturated heterocycles. The summed E-state index contributed by atoms with van der Waals surface area (Å²) in [6.45, 7) is 6.32. The van der Waals surface area contributed by atoms with Crippen molar-refractivity contribution in [2.45, 2.75) is 27.2 Å². The normalized spacial score (nSPS) is 19.7. The Hall–Kier alpha value is -1.64. The van der Waals surface area contributed by atoms with Gasteiger partial charge in [-0.05, 0) is 19.1 Å². The Bertz CT molecular complexity index is 462. The number of nitrogens with zero attached hydrogens (tertiary/aromatic N) is 1. The van der Waals surface area contributed by atoms with Gasteiger partial charge in [-0.2, -0.15) is 0 Å². The zero-order valence-electron chi connectivity index (χ0n) is 11.1. The predicted octanol–water partition coefficient (Wildman–Crippen LogP) is 2.57. The van der Waals surface area contributed by atoms with E-state index in [1.807, 2.05) is 45.0 Å². The second kappa shape index (κ2) is 4.92. The average Bonchev–Trinajstić information content (AvgIpc) is 2.71. The number of anilines is 1. The first kappa shape index (κ1) is 12.8. The number of Topliss-reactive ketones (excluding diaryl/α,β-unsaturated/α-hetero) is 1. The van der Waals surface area contributed by atoms with E-state index in [1.54, 1.807) is 4.90 Å². The summed E-state index contributed by atoms with van der Waals surface area (Å²) in [6.07, 6.45) is 0.352. The highest BCUT2D eigenvalue weighted by Gasteiger charge is 2.35. The maximum atomic E-state index is 12.0. The summed E-state index contributed by atoms with van der Waals surface area (Å²) in [5.41, 5.74) is 2.06. The summed E-state index contributed by atoms with van der Waals surface area (Å²) in [4.78, 5) is 25.6. The molecule has 3 nitrogen and oxygen atoms in total. The van der Waals surface area contributed by atoms with Crippen molar-refractivity contribution in [2.24, 2.45) is 11.8 Å². The highest BCUT2D eigenvalue weighted by Crippen LogP contribution is 2.27. The molecule has 1 aliphatic rings. The number of aryl methyl sites for hydroxylation is 1. The number of hydrogen-bond acceptors (Lipinski definition) is 2. The largest absolute Gasteiger partial charge is 0.312 e. The Morgan fingerprint density at radius 1 is 1.28 bits per heavy atom. The van der Waals surface area contributed by atoms with Crippen LogP contribution < -0.4 is 4.90 Å². The average molecular weight is 245 g/mol. The highest BCUT2D eigenvalue weighted by molar-refractivity contribution is 6.01. The van der Waals surface area contributed by atoms with Gasteiger partial charge >= 0.3 is 0 Å². The van der Waals surface area contributed by atoms with E-state index in [4.69, 9.17) is 0 Å². The Balaban J connectivity index is 2.15. The zero-order valence-corrected chi connectivity index (χ0v) is 11.1. The first-order valence-electron chi connectivity index (χ1n) is 6.40. The Morgan fingerprint density at radius 2 is 1.89 bits per heavy atom. The van der Waals surface area contributed by atoms with Gasteiger partial charge in [0.2, 0.25) is 5.91 Å². The molecule has 1 aromatic rings. The first-order chi connectivity index (χ1) is 8.49. The summed E-state index contributed by atoms with van der Waals surface area (Å²) in [6, 6.07) is 7.85. The summed E-state index contributed by atoms with van der Waals surface area (Å²) < 4.78 is 0. The van der Waals surface area contributed by atoms with Crippen LogP contribution in [0.15, 0.2) is 24.3 Å². The second-order valence-electron chi connectivity index (χ2n) is 5.30. The van der Waals surface area contributed by atoms with Gasteiger partial charge in [-0.25, -0.2) is 0 Å². The number of ketones is 1. The van der Waals surface area contributed by atoms with Crippen LogP contribution in [-0.4, -0.2) is 18.2 Å². The number of carbonyl (C=O) groups is 2. The minimum atomic E-state index is -0.140. The summed E-state index contributed by atoms with van der Waals surface area (Å²) in [5, 5.41) is 0. The van der Waals surface area contributed by atoms with E-state index in [1.165, 1.54) is 5.56 Å². The molecule has 1 aliphatic heterocycles. The lowest BCUT2D eigenvalue weighted by Crippen LogP contribution is -2.26. The van der Waals surface area contributed by atoms with Gasteiger partial charge in [-0.3, -0.25) is 9.59 Å². The van der Waals surface area contributed by atoms with Crippen LogP contribution in [-0.2, 0) is 9.59 Å². The van der Waals surface area contributed by atoms with Crippen LogP contribution in [0.3, 0.4) is 0 Å². The third kappa shape index (κ3) is 2.45. The number of benzene rings is 1. The molecule has 0 saturated carbocycles. The highest BCUT2D eigenvalue weighted by atomic mass is 16.2. The van der Waals surface area contributed by atoms with Crippen molar-refractivity contribution in [3.8, 4) is 0 Å². The molecule has 96 valence electrons. The topological polar surface area (TPSA) is 37.4 Å². The van der Waals surface area contributed by atoms with Crippen molar-refractivity contribution in [3.05, 3.63) is 29.8 Å². The number of carbonyl (C=O) groups excluding carboxylic acids is 2. The van der Waals surface area contributed by atoms with Crippen LogP contribution in [0.25, 0.3) is 0 Å². The van der Waals surface area contributed by atoms with Crippen LogP contribution >= 0.6 is 0 Å².